The normalized spacial score (nSPS) is 17.8. The molecule has 0 radical (unpaired) electrons. The zero-order chi connectivity index (χ0) is 15.4. The molecule has 1 aliphatic rings. The van der Waals surface area contributed by atoms with Gasteiger partial charge in [0, 0.05) is 19.5 Å². The van der Waals surface area contributed by atoms with Crippen LogP contribution in [0.4, 0.5) is 11.4 Å². The molecular weight excluding hydrogens is 276 g/mol. The maximum Gasteiger partial charge on any atom is 0.333 e. The number of para-hydroxylation sites is 1. The van der Waals surface area contributed by atoms with Gasteiger partial charge in [0.15, 0.2) is 5.75 Å². The molecule has 0 bridgehead atoms. The molecule has 1 aliphatic heterocycles. The third-order valence-electron chi connectivity index (χ3n) is 3.77. The monoisotopic (exact) mass is 294 g/mol. The second-order valence-corrected chi connectivity index (χ2v) is 5.12. The van der Waals surface area contributed by atoms with Crippen molar-refractivity contribution in [2.45, 2.75) is 19.3 Å². The molecular formula is C14H18N2O5. The molecule has 21 heavy (non-hydrogen) atoms. The molecule has 1 aromatic rings. The van der Waals surface area contributed by atoms with Crippen molar-refractivity contribution in [2.24, 2.45) is 5.92 Å². The Hall–Kier alpha value is -2.31. The molecule has 114 valence electrons. The third kappa shape index (κ3) is 3.42. The number of hydrogen-bond acceptors (Lipinski definition) is 5. The average Bonchev–Trinajstić information content (AvgIpc) is 2.92. The molecule has 0 amide bonds. The van der Waals surface area contributed by atoms with E-state index in [2.05, 4.69) is 0 Å². The lowest BCUT2D eigenvalue weighted by molar-refractivity contribution is -0.385. The molecule has 1 atom stereocenters. The zero-order valence-electron chi connectivity index (χ0n) is 11.8. The van der Waals surface area contributed by atoms with Gasteiger partial charge in [0.05, 0.1) is 12.0 Å². The largest absolute Gasteiger partial charge is 0.490 e. The van der Waals surface area contributed by atoms with Gasteiger partial charge in [-0.15, -0.1) is 0 Å². The topological polar surface area (TPSA) is 92.9 Å². The summed E-state index contributed by atoms with van der Waals surface area (Å²) in [5.41, 5.74) is 0.510. The Balaban J connectivity index is 2.16. The van der Waals surface area contributed by atoms with Gasteiger partial charge in [0.2, 0.25) is 0 Å². The van der Waals surface area contributed by atoms with Crippen molar-refractivity contribution in [1.29, 1.82) is 0 Å². The van der Waals surface area contributed by atoms with E-state index < -0.39 is 10.9 Å². The Morgan fingerprint density at radius 3 is 2.95 bits per heavy atom. The fourth-order valence-corrected chi connectivity index (χ4v) is 2.73. The predicted octanol–water partition coefficient (Wildman–Crippen LogP) is 2.29. The molecule has 0 aliphatic carbocycles. The van der Waals surface area contributed by atoms with Crippen LogP contribution in [0.3, 0.4) is 0 Å². The number of hydrogen-bond donors (Lipinski definition) is 1. The first-order chi connectivity index (χ1) is 10.0. The van der Waals surface area contributed by atoms with Crippen molar-refractivity contribution in [3.05, 3.63) is 28.3 Å². The van der Waals surface area contributed by atoms with Crippen molar-refractivity contribution in [3.63, 3.8) is 0 Å². The van der Waals surface area contributed by atoms with Crippen molar-refractivity contribution in [1.82, 2.24) is 0 Å². The van der Waals surface area contributed by atoms with Gasteiger partial charge in [0.1, 0.15) is 5.69 Å². The van der Waals surface area contributed by atoms with Crippen molar-refractivity contribution < 1.29 is 19.6 Å². The second kappa shape index (κ2) is 6.43. The smallest absolute Gasteiger partial charge is 0.333 e. The van der Waals surface area contributed by atoms with Crippen molar-refractivity contribution in [3.8, 4) is 5.75 Å². The minimum absolute atomic E-state index is 0.0288. The SMILES string of the molecule is COc1cccc(N2CCC(CCC(=O)O)C2)c1[N+](=O)[O-]. The highest BCUT2D eigenvalue weighted by Crippen LogP contribution is 2.39. The number of aliphatic carboxylic acids is 1. The van der Waals surface area contributed by atoms with Crippen LogP contribution in [-0.4, -0.2) is 36.2 Å². The number of methoxy groups -OCH3 is 1. The van der Waals surface area contributed by atoms with E-state index in [1.165, 1.54) is 7.11 Å². The summed E-state index contributed by atoms with van der Waals surface area (Å²) in [6.45, 7) is 1.33. The van der Waals surface area contributed by atoms with Gasteiger partial charge >= 0.3 is 11.7 Å². The summed E-state index contributed by atoms with van der Waals surface area (Å²) in [4.78, 5) is 23.4. The zero-order valence-corrected chi connectivity index (χ0v) is 11.8. The van der Waals surface area contributed by atoms with E-state index in [9.17, 15) is 14.9 Å². The highest BCUT2D eigenvalue weighted by Gasteiger charge is 2.30. The lowest BCUT2D eigenvalue weighted by Gasteiger charge is -2.19. The standard InChI is InChI=1S/C14H18N2O5/c1-21-12-4-2-3-11(14(12)16(19)20)15-8-7-10(9-15)5-6-13(17)18/h2-4,10H,5-9H2,1H3,(H,17,18). The van der Waals surface area contributed by atoms with Crippen LogP contribution in [-0.2, 0) is 4.79 Å². The predicted molar refractivity (Wildman–Crippen MR) is 76.8 cm³/mol. The van der Waals surface area contributed by atoms with Gasteiger partial charge in [0.25, 0.3) is 0 Å². The van der Waals surface area contributed by atoms with Crippen LogP contribution in [0.25, 0.3) is 0 Å². The summed E-state index contributed by atoms with van der Waals surface area (Å²) in [5, 5.41) is 20.0. The van der Waals surface area contributed by atoms with Crippen LogP contribution in [0.5, 0.6) is 5.75 Å². The molecule has 1 N–H and O–H groups in total. The molecule has 1 unspecified atom stereocenters. The minimum atomic E-state index is -0.805. The number of carboxylic acids is 1. The summed E-state index contributed by atoms with van der Waals surface area (Å²) >= 11 is 0. The van der Waals surface area contributed by atoms with E-state index in [1.54, 1.807) is 18.2 Å². The average molecular weight is 294 g/mol. The number of nitro groups is 1. The molecule has 1 fully saturated rings. The summed E-state index contributed by atoms with van der Waals surface area (Å²) < 4.78 is 5.07. The molecule has 0 aromatic heterocycles. The molecule has 2 rings (SSSR count). The summed E-state index contributed by atoms with van der Waals surface area (Å²) in [7, 11) is 1.41. The Kier molecular flexibility index (Phi) is 4.62. The van der Waals surface area contributed by atoms with Gasteiger partial charge in [-0.2, -0.15) is 0 Å². The molecule has 7 heteroatoms. The summed E-state index contributed by atoms with van der Waals surface area (Å²) in [5.74, 6) is -0.306. The fraction of sp³-hybridized carbons (Fsp3) is 0.500. The van der Waals surface area contributed by atoms with Gasteiger partial charge in [-0.1, -0.05) is 6.07 Å². The van der Waals surface area contributed by atoms with Gasteiger partial charge < -0.3 is 14.7 Å². The highest BCUT2D eigenvalue weighted by atomic mass is 16.6. The lowest BCUT2D eigenvalue weighted by Crippen LogP contribution is -2.21. The Morgan fingerprint density at radius 1 is 1.57 bits per heavy atom. The van der Waals surface area contributed by atoms with Gasteiger partial charge in [-0.3, -0.25) is 14.9 Å². The van der Waals surface area contributed by atoms with Gasteiger partial charge in [-0.25, -0.2) is 0 Å². The molecule has 1 saturated heterocycles. The van der Waals surface area contributed by atoms with Crippen molar-refractivity contribution >= 4 is 17.3 Å². The Bertz CT molecular complexity index is 546. The maximum absolute atomic E-state index is 11.3. The van der Waals surface area contributed by atoms with Crippen LogP contribution in [0.15, 0.2) is 18.2 Å². The second-order valence-electron chi connectivity index (χ2n) is 5.12. The number of rotatable bonds is 6. The minimum Gasteiger partial charge on any atom is -0.490 e. The molecule has 1 heterocycles. The van der Waals surface area contributed by atoms with E-state index >= 15 is 0 Å². The van der Waals surface area contributed by atoms with E-state index in [-0.39, 0.29) is 23.8 Å². The first-order valence-electron chi connectivity index (χ1n) is 6.81. The number of carboxylic acid groups (broad SMARTS) is 1. The number of carbonyl (C=O) groups is 1. The number of anilines is 1. The van der Waals surface area contributed by atoms with Crippen LogP contribution >= 0.6 is 0 Å². The quantitative estimate of drug-likeness (QED) is 0.639. The van der Waals surface area contributed by atoms with Crippen LogP contribution in [0.1, 0.15) is 19.3 Å². The van der Waals surface area contributed by atoms with Crippen LogP contribution in [0, 0.1) is 16.0 Å². The Labute approximate surface area is 122 Å². The fourth-order valence-electron chi connectivity index (χ4n) is 2.73. The van der Waals surface area contributed by atoms with Gasteiger partial charge in [-0.05, 0) is 30.9 Å². The molecule has 0 saturated carbocycles. The molecule has 1 aromatic carbocycles. The molecule has 0 spiro atoms. The van der Waals surface area contributed by atoms with Crippen molar-refractivity contribution in [2.75, 3.05) is 25.1 Å². The third-order valence-corrected chi connectivity index (χ3v) is 3.77. The first-order valence-corrected chi connectivity index (χ1v) is 6.81. The van der Waals surface area contributed by atoms with Crippen LogP contribution in [0.2, 0.25) is 0 Å². The summed E-state index contributed by atoms with van der Waals surface area (Å²) in [6.07, 6.45) is 1.59. The lowest BCUT2D eigenvalue weighted by atomic mass is 10.0. The first kappa shape index (κ1) is 15.1. The number of nitro benzene ring substituents is 1. The highest BCUT2D eigenvalue weighted by molar-refractivity contribution is 5.70. The summed E-state index contributed by atoms with van der Waals surface area (Å²) in [6, 6.07) is 5.01. The number of benzene rings is 1. The number of ether oxygens (including phenoxy) is 1. The van der Waals surface area contributed by atoms with E-state index in [0.29, 0.717) is 25.2 Å². The van der Waals surface area contributed by atoms with E-state index in [0.717, 1.165) is 6.42 Å². The maximum atomic E-state index is 11.3. The van der Waals surface area contributed by atoms with Crippen LogP contribution < -0.4 is 9.64 Å². The molecule has 7 nitrogen and oxygen atoms in total. The van der Waals surface area contributed by atoms with E-state index in [1.807, 2.05) is 4.90 Å². The van der Waals surface area contributed by atoms with E-state index in [4.69, 9.17) is 9.84 Å². The Morgan fingerprint density at radius 2 is 2.33 bits per heavy atom. The number of nitrogens with zero attached hydrogens (tertiary/aromatic N) is 2.